The molecule has 112 valence electrons. The summed E-state index contributed by atoms with van der Waals surface area (Å²) in [6.45, 7) is 6.03. The van der Waals surface area contributed by atoms with E-state index in [0.29, 0.717) is 11.6 Å². The molecule has 1 aromatic rings. The van der Waals surface area contributed by atoms with Crippen molar-refractivity contribution < 1.29 is 4.79 Å². The van der Waals surface area contributed by atoms with Crippen molar-refractivity contribution in [1.29, 1.82) is 0 Å². The number of nitrogens with one attached hydrogen (secondary N) is 1. The minimum Gasteiger partial charge on any atom is -0.369 e. The van der Waals surface area contributed by atoms with Crippen molar-refractivity contribution in [2.24, 2.45) is 0 Å². The van der Waals surface area contributed by atoms with E-state index < -0.39 is 0 Å². The number of piperazine rings is 1. The lowest BCUT2D eigenvalue weighted by Crippen LogP contribution is -2.45. The monoisotopic (exact) mass is 305 g/mol. The molecule has 0 aliphatic carbocycles. The number of carbonyl (C=O) groups is 1. The molecule has 0 spiro atoms. The molecule has 1 N–H and O–H groups in total. The Labute approximate surface area is 131 Å². The van der Waals surface area contributed by atoms with E-state index in [4.69, 9.17) is 11.6 Å². The predicted octanol–water partition coefficient (Wildman–Crippen LogP) is 1.73. The van der Waals surface area contributed by atoms with Crippen LogP contribution in [-0.2, 0) is 11.3 Å². The molecule has 21 heavy (non-hydrogen) atoms. The molecule has 1 aliphatic heterocycles. The summed E-state index contributed by atoms with van der Waals surface area (Å²) in [5.41, 5.74) is 2.05. The van der Waals surface area contributed by atoms with Gasteiger partial charge in [-0.25, -0.2) is 0 Å². The maximum Gasteiger partial charge on any atom is 0.296 e. The van der Waals surface area contributed by atoms with Crippen LogP contribution in [0, 0.1) is 11.8 Å². The molecule has 1 aliphatic rings. The number of carbonyl (C=O) groups excluding carboxylic acids is 1. The van der Waals surface area contributed by atoms with E-state index in [1.165, 1.54) is 0 Å². The van der Waals surface area contributed by atoms with Crippen molar-refractivity contribution in [2.45, 2.75) is 13.5 Å². The summed E-state index contributed by atoms with van der Waals surface area (Å²) in [5, 5.41) is 3.47. The van der Waals surface area contributed by atoms with Crippen molar-refractivity contribution in [1.82, 2.24) is 10.2 Å². The molecule has 4 nitrogen and oxygen atoms in total. The molecule has 1 heterocycles. The van der Waals surface area contributed by atoms with Gasteiger partial charge in [0, 0.05) is 49.0 Å². The molecule has 1 aromatic carbocycles. The van der Waals surface area contributed by atoms with Gasteiger partial charge in [0.15, 0.2) is 0 Å². The van der Waals surface area contributed by atoms with Gasteiger partial charge in [-0.15, -0.1) is 0 Å². The van der Waals surface area contributed by atoms with Crippen LogP contribution in [0.2, 0.25) is 5.02 Å². The molecule has 1 amide bonds. The molecule has 0 radical (unpaired) electrons. The Balaban J connectivity index is 2.15. The van der Waals surface area contributed by atoms with Crippen LogP contribution in [-0.4, -0.2) is 44.0 Å². The molecule has 5 heteroatoms. The zero-order valence-electron chi connectivity index (χ0n) is 12.4. The molecule has 0 unspecified atom stereocenters. The highest BCUT2D eigenvalue weighted by Crippen LogP contribution is 2.28. The molecule has 2 rings (SSSR count). The molecule has 1 fully saturated rings. The van der Waals surface area contributed by atoms with Crippen molar-refractivity contribution in [2.75, 3.05) is 38.1 Å². The van der Waals surface area contributed by atoms with Gasteiger partial charge in [0.2, 0.25) is 0 Å². The fraction of sp³-hybridized carbons (Fsp3) is 0.438. The summed E-state index contributed by atoms with van der Waals surface area (Å²) in [6, 6.07) is 5.87. The number of benzene rings is 1. The SMILES string of the molecule is CC#CC(=O)NCc1c(Cl)cccc1N1CCN(C)CC1. The first-order valence-corrected chi connectivity index (χ1v) is 7.41. The topological polar surface area (TPSA) is 35.6 Å². The quantitative estimate of drug-likeness (QED) is 0.864. The van der Waals surface area contributed by atoms with E-state index in [0.717, 1.165) is 37.4 Å². The van der Waals surface area contributed by atoms with E-state index in [1.54, 1.807) is 6.92 Å². The second kappa shape index (κ2) is 7.35. The van der Waals surface area contributed by atoms with Crippen molar-refractivity contribution in [3.8, 4) is 11.8 Å². The summed E-state index contributed by atoms with van der Waals surface area (Å²) in [5.74, 6) is 4.79. The lowest BCUT2D eigenvalue weighted by molar-refractivity contribution is -0.115. The van der Waals surface area contributed by atoms with E-state index in [9.17, 15) is 4.79 Å². The first kappa shape index (κ1) is 15.7. The number of hydrogen-bond donors (Lipinski definition) is 1. The number of likely N-dealkylation sites (N-methyl/N-ethyl adjacent to an activating group) is 1. The largest absolute Gasteiger partial charge is 0.369 e. The second-order valence-corrected chi connectivity index (χ2v) is 5.49. The van der Waals surface area contributed by atoms with Crippen LogP contribution in [0.1, 0.15) is 12.5 Å². The van der Waals surface area contributed by atoms with E-state index >= 15 is 0 Å². The number of halogens is 1. The fourth-order valence-corrected chi connectivity index (χ4v) is 2.63. The third-order valence-electron chi connectivity index (χ3n) is 3.60. The van der Waals surface area contributed by atoms with Gasteiger partial charge in [-0.2, -0.15) is 0 Å². The second-order valence-electron chi connectivity index (χ2n) is 5.09. The lowest BCUT2D eigenvalue weighted by atomic mass is 10.1. The van der Waals surface area contributed by atoms with Gasteiger partial charge in [0.05, 0.1) is 0 Å². The average molecular weight is 306 g/mol. The number of nitrogens with zero attached hydrogens (tertiary/aromatic N) is 2. The van der Waals surface area contributed by atoms with E-state index in [-0.39, 0.29) is 5.91 Å². The van der Waals surface area contributed by atoms with Gasteiger partial charge in [0.25, 0.3) is 5.91 Å². The van der Waals surface area contributed by atoms with Gasteiger partial charge in [-0.05, 0) is 32.0 Å². The summed E-state index contributed by atoms with van der Waals surface area (Å²) in [4.78, 5) is 16.1. The van der Waals surface area contributed by atoms with Crippen LogP contribution >= 0.6 is 11.6 Å². The Kier molecular flexibility index (Phi) is 5.49. The third kappa shape index (κ3) is 4.13. The normalized spacial score (nSPS) is 15.3. The first-order chi connectivity index (χ1) is 10.1. The minimum absolute atomic E-state index is 0.276. The van der Waals surface area contributed by atoms with Crippen molar-refractivity contribution in [3.05, 3.63) is 28.8 Å². The van der Waals surface area contributed by atoms with Gasteiger partial charge in [-0.3, -0.25) is 4.79 Å². The zero-order chi connectivity index (χ0) is 15.2. The van der Waals surface area contributed by atoms with Crippen molar-refractivity contribution in [3.63, 3.8) is 0 Å². The van der Waals surface area contributed by atoms with E-state index in [1.807, 2.05) is 12.1 Å². The molecular weight excluding hydrogens is 286 g/mol. The number of hydrogen-bond acceptors (Lipinski definition) is 3. The standard InChI is InChI=1S/C16H20ClN3O/c1-3-5-16(21)18-12-13-14(17)6-4-7-15(13)20-10-8-19(2)9-11-20/h4,6-7H,8-12H2,1-2H3,(H,18,21). The molecule has 0 atom stereocenters. The molecule has 0 aromatic heterocycles. The van der Waals surface area contributed by atoms with Crippen LogP contribution in [0.4, 0.5) is 5.69 Å². The van der Waals surface area contributed by atoms with Crippen molar-refractivity contribution >= 4 is 23.2 Å². The molecule has 0 bridgehead atoms. The van der Waals surface area contributed by atoms with Crippen LogP contribution in [0.5, 0.6) is 0 Å². The zero-order valence-corrected chi connectivity index (χ0v) is 13.2. The van der Waals surface area contributed by atoms with Gasteiger partial charge in [0.1, 0.15) is 0 Å². The van der Waals surface area contributed by atoms with Crippen LogP contribution in [0.3, 0.4) is 0 Å². The summed E-state index contributed by atoms with van der Waals surface area (Å²) in [6.07, 6.45) is 0. The van der Waals surface area contributed by atoms with Crippen LogP contribution < -0.4 is 10.2 Å². The van der Waals surface area contributed by atoms with E-state index in [2.05, 4.69) is 40.1 Å². The van der Waals surface area contributed by atoms with Gasteiger partial charge in [-0.1, -0.05) is 23.6 Å². The fourth-order valence-electron chi connectivity index (χ4n) is 2.39. The Morgan fingerprint density at radius 3 is 2.71 bits per heavy atom. The summed E-state index contributed by atoms with van der Waals surface area (Å²) >= 11 is 6.31. The highest BCUT2D eigenvalue weighted by Gasteiger charge is 2.18. The minimum atomic E-state index is -0.276. The first-order valence-electron chi connectivity index (χ1n) is 7.03. The lowest BCUT2D eigenvalue weighted by Gasteiger charge is -2.35. The Morgan fingerprint density at radius 2 is 2.05 bits per heavy atom. The summed E-state index contributed by atoms with van der Waals surface area (Å²) < 4.78 is 0. The Bertz CT molecular complexity index is 569. The number of amides is 1. The number of rotatable bonds is 3. The number of anilines is 1. The average Bonchev–Trinajstić information content (AvgIpc) is 2.47. The highest BCUT2D eigenvalue weighted by molar-refractivity contribution is 6.31. The smallest absolute Gasteiger partial charge is 0.296 e. The molecular formula is C16H20ClN3O. The Morgan fingerprint density at radius 1 is 1.33 bits per heavy atom. The highest BCUT2D eigenvalue weighted by atomic mass is 35.5. The van der Waals surface area contributed by atoms with Gasteiger partial charge >= 0.3 is 0 Å². The third-order valence-corrected chi connectivity index (χ3v) is 3.96. The van der Waals surface area contributed by atoms with Crippen LogP contribution in [0.25, 0.3) is 0 Å². The molecule has 1 saturated heterocycles. The Hall–Kier alpha value is -1.70. The maximum absolute atomic E-state index is 11.5. The van der Waals surface area contributed by atoms with Crippen LogP contribution in [0.15, 0.2) is 18.2 Å². The predicted molar refractivity (Wildman–Crippen MR) is 86.5 cm³/mol. The maximum atomic E-state index is 11.5. The molecule has 0 saturated carbocycles. The summed E-state index contributed by atoms with van der Waals surface area (Å²) in [7, 11) is 2.12. The van der Waals surface area contributed by atoms with Gasteiger partial charge < -0.3 is 15.1 Å².